The second-order valence-electron chi connectivity index (χ2n) is 4.21. The number of methoxy groups -OCH3 is 1. The molecule has 1 aromatic carbocycles. The predicted octanol–water partition coefficient (Wildman–Crippen LogP) is 1.76. The van der Waals surface area contributed by atoms with Crippen molar-refractivity contribution in [2.75, 3.05) is 25.2 Å². The van der Waals surface area contributed by atoms with Gasteiger partial charge in [-0.2, -0.15) is 0 Å². The smallest absolute Gasteiger partial charge is 0.414 e. The van der Waals surface area contributed by atoms with Crippen LogP contribution in [0.5, 0.6) is 5.75 Å². The summed E-state index contributed by atoms with van der Waals surface area (Å²) in [6, 6.07) is 7.50. The molecule has 5 heteroatoms. The summed E-state index contributed by atoms with van der Waals surface area (Å²) >= 11 is 0. The molecule has 1 aromatic rings. The molecular weight excluding hydrogens is 232 g/mol. The highest BCUT2D eigenvalue weighted by atomic mass is 16.6. The van der Waals surface area contributed by atoms with Gasteiger partial charge in [-0.25, -0.2) is 4.79 Å². The second kappa shape index (κ2) is 5.73. The topological polar surface area (TPSA) is 64.8 Å². The molecule has 98 valence electrons. The van der Waals surface area contributed by atoms with Crippen molar-refractivity contribution in [1.82, 2.24) is 0 Å². The zero-order valence-corrected chi connectivity index (χ0v) is 10.5. The molecule has 1 unspecified atom stereocenters. The van der Waals surface area contributed by atoms with Gasteiger partial charge in [0.05, 0.1) is 19.4 Å². The summed E-state index contributed by atoms with van der Waals surface area (Å²) < 4.78 is 10.3. The maximum absolute atomic E-state index is 11.9. The van der Waals surface area contributed by atoms with Crippen molar-refractivity contribution < 1.29 is 14.3 Å². The highest BCUT2D eigenvalue weighted by Crippen LogP contribution is 2.27. The van der Waals surface area contributed by atoms with Crippen LogP contribution in [-0.4, -0.2) is 32.4 Å². The van der Waals surface area contributed by atoms with E-state index >= 15 is 0 Å². The Hall–Kier alpha value is -1.75. The summed E-state index contributed by atoms with van der Waals surface area (Å²) in [5.74, 6) is 0.720. The van der Waals surface area contributed by atoms with Gasteiger partial charge in [0.1, 0.15) is 5.75 Å². The highest BCUT2D eigenvalue weighted by molar-refractivity contribution is 5.89. The van der Waals surface area contributed by atoms with E-state index in [0.29, 0.717) is 13.2 Å². The Morgan fingerprint density at radius 3 is 3.11 bits per heavy atom. The molecule has 0 bridgehead atoms. The molecule has 18 heavy (non-hydrogen) atoms. The fourth-order valence-corrected chi connectivity index (χ4v) is 2.17. The predicted molar refractivity (Wildman–Crippen MR) is 68.9 cm³/mol. The normalized spacial score (nSPS) is 19.6. The number of carbonyl (C=O) groups excluding carboxylic acids is 1. The highest BCUT2D eigenvalue weighted by Gasteiger charge is 2.30. The van der Waals surface area contributed by atoms with Crippen LogP contribution in [0.15, 0.2) is 24.3 Å². The Balaban J connectivity index is 2.27. The maximum atomic E-state index is 11.9. The van der Waals surface area contributed by atoms with Crippen LogP contribution in [0, 0.1) is 0 Å². The Morgan fingerprint density at radius 2 is 2.39 bits per heavy atom. The summed E-state index contributed by atoms with van der Waals surface area (Å²) in [5.41, 5.74) is 6.39. The standard InChI is InChI=1S/C13H18N2O3/c1-17-12-4-2-3-11(9-12)15-10(5-7-14)6-8-18-13(15)16/h2-4,9-10H,5-8,14H2,1H3. The van der Waals surface area contributed by atoms with Gasteiger partial charge >= 0.3 is 6.09 Å². The van der Waals surface area contributed by atoms with Gasteiger partial charge in [0.25, 0.3) is 0 Å². The minimum atomic E-state index is -0.312. The first-order valence-corrected chi connectivity index (χ1v) is 6.06. The zero-order chi connectivity index (χ0) is 13.0. The van der Waals surface area contributed by atoms with Crippen LogP contribution in [0.1, 0.15) is 12.8 Å². The van der Waals surface area contributed by atoms with E-state index in [4.69, 9.17) is 15.2 Å². The molecule has 1 aliphatic rings. The first-order valence-electron chi connectivity index (χ1n) is 6.06. The van der Waals surface area contributed by atoms with Gasteiger partial charge in [0, 0.05) is 18.5 Å². The first kappa shape index (κ1) is 12.7. The molecular formula is C13H18N2O3. The minimum Gasteiger partial charge on any atom is -0.497 e. The van der Waals surface area contributed by atoms with Crippen LogP contribution in [0.25, 0.3) is 0 Å². The summed E-state index contributed by atoms with van der Waals surface area (Å²) in [4.78, 5) is 13.6. The van der Waals surface area contributed by atoms with Gasteiger partial charge < -0.3 is 15.2 Å². The van der Waals surface area contributed by atoms with Crippen molar-refractivity contribution in [2.24, 2.45) is 5.73 Å². The van der Waals surface area contributed by atoms with Gasteiger partial charge in [-0.15, -0.1) is 0 Å². The quantitative estimate of drug-likeness (QED) is 0.884. The maximum Gasteiger partial charge on any atom is 0.414 e. The fraction of sp³-hybridized carbons (Fsp3) is 0.462. The van der Waals surface area contributed by atoms with Crippen LogP contribution in [0.4, 0.5) is 10.5 Å². The molecule has 1 atom stereocenters. The van der Waals surface area contributed by atoms with Crippen LogP contribution >= 0.6 is 0 Å². The molecule has 0 aliphatic carbocycles. The van der Waals surface area contributed by atoms with Crippen molar-refractivity contribution >= 4 is 11.8 Å². The van der Waals surface area contributed by atoms with Crippen molar-refractivity contribution in [3.63, 3.8) is 0 Å². The number of hydrogen-bond donors (Lipinski definition) is 1. The summed E-state index contributed by atoms with van der Waals surface area (Å²) in [5, 5.41) is 0. The Labute approximate surface area is 106 Å². The minimum absolute atomic E-state index is 0.100. The van der Waals surface area contributed by atoms with E-state index in [1.165, 1.54) is 0 Å². The molecule has 2 rings (SSSR count). The van der Waals surface area contributed by atoms with Crippen molar-refractivity contribution in [3.05, 3.63) is 24.3 Å². The number of cyclic esters (lactones) is 1. The molecule has 1 aliphatic heterocycles. The van der Waals surface area contributed by atoms with E-state index in [0.717, 1.165) is 24.3 Å². The van der Waals surface area contributed by atoms with E-state index in [1.807, 2.05) is 24.3 Å². The monoisotopic (exact) mass is 250 g/mol. The first-order chi connectivity index (χ1) is 8.76. The fourth-order valence-electron chi connectivity index (χ4n) is 2.17. The number of nitrogens with two attached hydrogens (primary N) is 1. The van der Waals surface area contributed by atoms with Gasteiger partial charge in [-0.3, -0.25) is 4.90 Å². The number of nitrogens with zero attached hydrogens (tertiary/aromatic N) is 1. The number of hydrogen-bond acceptors (Lipinski definition) is 4. The lowest BCUT2D eigenvalue weighted by Crippen LogP contribution is -2.46. The molecule has 0 saturated carbocycles. The number of ether oxygens (including phenoxy) is 2. The Morgan fingerprint density at radius 1 is 1.56 bits per heavy atom. The SMILES string of the molecule is COc1cccc(N2C(=O)OCCC2CCN)c1. The van der Waals surface area contributed by atoms with Gasteiger partial charge in [-0.1, -0.05) is 6.07 Å². The van der Waals surface area contributed by atoms with Crippen molar-refractivity contribution in [2.45, 2.75) is 18.9 Å². The van der Waals surface area contributed by atoms with E-state index in [9.17, 15) is 4.79 Å². The number of benzene rings is 1. The summed E-state index contributed by atoms with van der Waals surface area (Å²) in [7, 11) is 1.60. The molecule has 0 spiro atoms. The number of amides is 1. The summed E-state index contributed by atoms with van der Waals surface area (Å²) in [6.45, 7) is 1.02. The van der Waals surface area contributed by atoms with Crippen molar-refractivity contribution in [1.29, 1.82) is 0 Å². The zero-order valence-electron chi connectivity index (χ0n) is 10.5. The summed E-state index contributed by atoms with van der Waals surface area (Å²) in [6.07, 6.45) is 1.26. The number of anilines is 1. The van der Waals surface area contributed by atoms with Crippen molar-refractivity contribution in [3.8, 4) is 5.75 Å². The number of rotatable bonds is 4. The lowest BCUT2D eigenvalue weighted by Gasteiger charge is -2.34. The van der Waals surface area contributed by atoms with Crippen LogP contribution < -0.4 is 15.4 Å². The average Bonchev–Trinajstić information content (AvgIpc) is 2.39. The van der Waals surface area contributed by atoms with Gasteiger partial charge in [0.2, 0.25) is 0 Å². The van der Waals surface area contributed by atoms with E-state index in [1.54, 1.807) is 12.0 Å². The molecule has 0 aromatic heterocycles. The molecule has 5 nitrogen and oxygen atoms in total. The van der Waals surface area contributed by atoms with E-state index < -0.39 is 0 Å². The lowest BCUT2D eigenvalue weighted by molar-refractivity contribution is 0.128. The number of carbonyl (C=O) groups is 1. The van der Waals surface area contributed by atoms with Gasteiger partial charge in [-0.05, 0) is 25.1 Å². The van der Waals surface area contributed by atoms with E-state index in [2.05, 4.69) is 0 Å². The van der Waals surface area contributed by atoms with Gasteiger partial charge in [0.15, 0.2) is 0 Å². The lowest BCUT2D eigenvalue weighted by atomic mass is 10.1. The third-order valence-corrected chi connectivity index (χ3v) is 3.07. The van der Waals surface area contributed by atoms with Crippen LogP contribution in [-0.2, 0) is 4.74 Å². The average molecular weight is 250 g/mol. The van der Waals surface area contributed by atoms with Crippen LogP contribution in [0.2, 0.25) is 0 Å². The molecule has 2 N–H and O–H groups in total. The third-order valence-electron chi connectivity index (χ3n) is 3.07. The molecule has 0 radical (unpaired) electrons. The second-order valence-corrected chi connectivity index (χ2v) is 4.21. The molecule has 1 amide bonds. The van der Waals surface area contributed by atoms with E-state index in [-0.39, 0.29) is 12.1 Å². The molecule has 1 fully saturated rings. The van der Waals surface area contributed by atoms with Crippen LogP contribution in [0.3, 0.4) is 0 Å². The largest absolute Gasteiger partial charge is 0.497 e. The Kier molecular flexibility index (Phi) is 4.04. The molecule has 1 heterocycles. The molecule has 1 saturated heterocycles. The Bertz CT molecular complexity index is 420. The third kappa shape index (κ3) is 2.56.